The summed E-state index contributed by atoms with van der Waals surface area (Å²) in [4.78, 5) is 28.8. The lowest BCUT2D eigenvalue weighted by molar-refractivity contribution is 0.0540. The number of benzene rings is 2. The van der Waals surface area contributed by atoms with Gasteiger partial charge in [0.15, 0.2) is 17.5 Å². The first kappa shape index (κ1) is 17.5. The van der Waals surface area contributed by atoms with Crippen LogP contribution in [0.25, 0.3) is 11.1 Å². The van der Waals surface area contributed by atoms with E-state index in [2.05, 4.69) is 4.84 Å². The van der Waals surface area contributed by atoms with Crippen LogP contribution in [0.15, 0.2) is 41.8 Å². The third-order valence-corrected chi connectivity index (χ3v) is 4.88. The number of halogens is 3. The maximum absolute atomic E-state index is 14.8. The number of rotatable bonds is 6. The molecule has 0 unspecified atom stereocenters. The average molecular weight is 439 g/mol. The molecule has 3 aromatic rings. The number of hydrogen-bond acceptors (Lipinski definition) is 5. The van der Waals surface area contributed by atoms with E-state index in [1.807, 2.05) is 10.8 Å². The van der Waals surface area contributed by atoms with Crippen molar-refractivity contribution in [1.29, 1.82) is 0 Å². The van der Waals surface area contributed by atoms with E-state index in [9.17, 15) is 22.8 Å². The molecule has 0 saturated heterocycles. The molecule has 1 heterocycles. The molecule has 0 aliphatic rings. The number of anilines is 1. The van der Waals surface area contributed by atoms with Gasteiger partial charge in [-0.3, -0.25) is 14.4 Å². The molecule has 0 fully saturated rings. The van der Waals surface area contributed by atoms with Crippen molar-refractivity contribution in [2.24, 2.45) is 0 Å². The topological polar surface area (TPSA) is 76.7 Å². The summed E-state index contributed by atoms with van der Waals surface area (Å²) in [6, 6.07) is 6.91. The van der Waals surface area contributed by atoms with Crippen LogP contribution in [0, 0.1) is 17.5 Å². The highest BCUT2D eigenvalue weighted by Gasteiger charge is 2.24. The SMILES string of the molecule is [2H]C([2H])([2H])Oc1cccc(-c2cc(F)c(NC(=O)c3ccsc3C(=O)NOC)c(F)c2F)c1. The lowest BCUT2D eigenvalue weighted by atomic mass is 10.0. The van der Waals surface area contributed by atoms with Gasteiger partial charge in [0, 0.05) is 5.56 Å². The lowest BCUT2D eigenvalue weighted by Crippen LogP contribution is -2.24. The van der Waals surface area contributed by atoms with Crippen LogP contribution >= 0.6 is 11.3 Å². The number of hydrogen-bond donors (Lipinski definition) is 2. The van der Waals surface area contributed by atoms with Crippen molar-refractivity contribution < 1.29 is 36.4 Å². The maximum atomic E-state index is 14.8. The second kappa shape index (κ2) is 8.97. The van der Waals surface area contributed by atoms with E-state index in [1.165, 1.54) is 36.8 Å². The first-order valence-corrected chi connectivity index (χ1v) is 9.09. The monoisotopic (exact) mass is 439 g/mol. The number of thiophene rings is 1. The minimum atomic E-state index is -2.78. The third-order valence-electron chi connectivity index (χ3n) is 3.97. The predicted molar refractivity (Wildman–Crippen MR) is 105 cm³/mol. The van der Waals surface area contributed by atoms with Crippen molar-refractivity contribution in [1.82, 2.24) is 5.48 Å². The minimum Gasteiger partial charge on any atom is -0.497 e. The first-order chi connectivity index (χ1) is 15.5. The van der Waals surface area contributed by atoms with Crippen LogP contribution in [0.5, 0.6) is 5.75 Å². The second-order valence-corrected chi connectivity index (χ2v) is 6.71. The number of hydroxylamine groups is 1. The van der Waals surface area contributed by atoms with Crippen LogP contribution in [0.2, 0.25) is 0 Å². The molecule has 2 aromatic carbocycles. The van der Waals surface area contributed by atoms with Gasteiger partial charge in [0.1, 0.15) is 16.3 Å². The van der Waals surface area contributed by atoms with Gasteiger partial charge < -0.3 is 10.1 Å². The van der Waals surface area contributed by atoms with Gasteiger partial charge in [0.25, 0.3) is 11.8 Å². The molecular weight excluding hydrogens is 421 g/mol. The smallest absolute Gasteiger partial charge is 0.285 e. The number of carbonyl (C=O) groups excluding carboxylic acids is 2. The molecule has 3 rings (SSSR count). The number of ether oxygens (including phenoxy) is 1. The Morgan fingerprint density at radius 2 is 1.90 bits per heavy atom. The van der Waals surface area contributed by atoms with Gasteiger partial charge in [0.05, 0.1) is 23.8 Å². The molecule has 30 heavy (non-hydrogen) atoms. The van der Waals surface area contributed by atoms with Gasteiger partial charge in [-0.2, -0.15) is 0 Å². The largest absolute Gasteiger partial charge is 0.497 e. The Kier molecular flexibility index (Phi) is 5.23. The maximum Gasteiger partial charge on any atom is 0.285 e. The standard InChI is InChI=1S/C20H15F3N2O4S/c1-28-11-5-3-4-10(8-11)13-9-14(21)17(16(23)15(13)22)24-19(26)12-6-7-30-18(12)20(27)25-29-2/h3-9H,1-2H3,(H,24,26)(H,25,27)/i1D3. The van der Waals surface area contributed by atoms with Gasteiger partial charge in [-0.05, 0) is 35.2 Å². The Morgan fingerprint density at radius 3 is 2.63 bits per heavy atom. The zero-order chi connectivity index (χ0) is 24.3. The van der Waals surface area contributed by atoms with Crippen LogP contribution in [0.4, 0.5) is 18.9 Å². The van der Waals surface area contributed by atoms with E-state index >= 15 is 0 Å². The molecule has 1 aromatic heterocycles. The fourth-order valence-corrected chi connectivity index (χ4v) is 3.41. The van der Waals surface area contributed by atoms with E-state index in [0.717, 1.165) is 17.4 Å². The van der Waals surface area contributed by atoms with E-state index in [4.69, 9.17) is 8.85 Å². The molecule has 2 N–H and O–H groups in total. The number of amides is 2. The molecule has 0 aliphatic carbocycles. The van der Waals surface area contributed by atoms with E-state index < -0.39 is 47.6 Å². The molecule has 10 heteroatoms. The summed E-state index contributed by atoms with van der Waals surface area (Å²) in [5, 5.41) is 3.35. The fourth-order valence-electron chi connectivity index (χ4n) is 2.63. The zero-order valence-corrected chi connectivity index (χ0v) is 16.0. The summed E-state index contributed by atoms with van der Waals surface area (Å²) >= 11 is 0.887. The number of carbonyl (C=O) groups is 2. The Balaban J connectivity index is 1.93. The molecule has 0 radical (unpaired) electrons. The number of methoxy groups -OCH3 is 1. The summed E-state index contributed by atoms with van der Waals surface area (Å²) in [6.07, 6.45) is 0. The van der Waals surface area contributed by atoms with Crippen molar-refractivity contribution >= 4 is 28.8 Å². The molecule has 0 bridgehead atoms. The molecular formula is C20H15F3N2O4S. The van der Waals surface area contributed by atoms with Crippen LogP contribution in [0.3, 0.4) is 0 Å². The summed E-state index contributed by atoms with van der Waals surface area (Å²) in [5.41, 5.74) is 0.191. The Bertz CT molecular complexity index is 1220. The van der Waals surface area contributed by atoms with Gasteiger partial charge in [-0.15, -0.1) is 11.3 Å². The van der Waals surface area contributed by atoms with E-state index in [0.29, 0.717) is 6.07 Å². The second-order valence-electron chi connectivity index (χ2n) is 5.79. The Morgan fingerprint density at radius 1 is 1.10 bits per heavy atom. The van der Waals surface area contributed by atoms with Gasteiger partial charge in [-0.25, -0.2) is 18.7 Å². The third kappa shape index (κ3) is 4.14. The summed E-state index contributed by atoms with van der Waals surface area (Å²) in [7, 11) is -1.59. The highest BCUT2D eigenvalue weighted by Crippen LogP contribution is 2.33. The van der Waals surface area contributed by atoms with Crippen LogP contribution in [0.1, 0.15) is 24.1 Å². The predicted octanol–water partition coefficient (Wildman–Crippen LogP) is 4.38. The van der Waals surface area contributed by atoms with Gasteiger partial charge in [0.2, 0.25) is 0 Å². The van der Waals surface area contributed by atoms with Crippen molar-refractivity contribution in [2.75, 3.05) is 19.5 Å². The van der Waals surface area contributed by atoms with Crippen LogP contribution in [-0.2, 0) is 4.84 Å². The van der Waals surface area contributed by atoms with Crippen LogP contribution in [-0.4, -0.2) is 26.0 Å². The molecule has 0 atom stereocenters. The first-order valence-electron chi connectivity index (χ1n) is 9.71. The highest BCUT2D eigenvalue weighted by atomic mass is 32.1. The molecule has 156 valence electrons. The quantitative estimate of drug-likeness (QED) is 0.441. The Labute approximate surface area is 177 Å². The average Bonchev–Trinajstić information content (AvgIpc) is 3.23. The zero-order valence-electron chi connectivity index (χ0n) is 18.2. The van der Waals surface area contributed by atoms with Crippen molar-refractivity contribution in [3.05, 3.63) is 69.7 Å². The summed E-state index contributed by atoms with van der Waals surface area (Å²) in [5.74, 6) is -6.42. The van der Waals surface area contributed by atoms with E-state index in [-0.39, 0.29) is 21.8 Å². The fraction of sp³-hybridized carbons (Fsp3) is 0.100. The highest BCUT2D eigenvalue weighted by molar-refractivity contribution is 7.12. The molecule has 0 spiro atoms. The summed E-state index contributed by atoms with van der Waals surface area (Å²) < 4.78 is 70.3. The van der Waals surface area contributed by atoms with E-state index in [1.54, 1.807) is 0 Å². The lowest BCUT2D eigenvalue weighted by Gasteiger charge is -2.12. The minimum absolute atomic E-state index is 0.0544. The van der Waals surface area contributed by atoms with Crippen molar-refractivity contribution in [2.45, 2.75) is 0 Å². The van der Waals surface area contributed by atoms with Gasteiger partial charge in [-0.1, -0.05) is 12.1 Å². The van der Waals surface area contributed by atoms with Crippen LogP contribution < -0.4 is 15.5 Å². The van der Waals surface area contributed by atoms with Crippen molar-refractivity contribution in [3.8, 4) is 16.9 Å². The Hall–Kier alpha value is -3.37. The van der Waals surface area contributed by atoms with Gasteiger partial charge >= 0.3 is 0 Å². The summed E-state index contributed by atoms with van der Waals surface area (Å²) in [6.45, 7) is 0. The number of nitrogens with one attached hydrogen (secondary N) is 2. The normalized spacial score (nSPS) is 12.5. The molecule has 2 amide bonds. The molecule has 0 aliphatic heterocycles. The molecule has 0 saturated carbocycles. The molecule has 6 nitrogen and oxygen atoms in total. The van der Waals surface area contributed by atoms with Crippen molar-refractivity contribution in [3.63, 3.8) is 0 Å².